The summed E-state index contributed by atoms with van der Waals surface area (Å²) in [7, 11) is -4.19. The molecule has 5 rings (SSSR count). The zero-order valence-electron chi connectivity index (χ0n) is 27.0. The van der Waals surface area contributed by atoms with Crippen LogP contribution in [0.2, 0.25) is 0 Å². The van der Waals surface area contributed by atoms with E-state index in [2.05, 4.69) is 60.2 Å². The third-order valence-corrected chi connectivity index (χ3v) is 8.65. The van der Waals surface area contributed by atoms with Gasteiger partial charge in [0.05, 0.1) is 11.4 Å². The van der Waals surface area contributed by atoms with Crippen molar-refractivity contribution in [1.29, 1.82) is 0 Å². The molecule has 0 radical (unpaired) electrons. The summed E-state index contributed by atoms with van der Waals surface area (Å²) >= 11 is 0. The minimum absolute atomic E-state index is 0.0381. The van der Waals surface area contributed by atoms with Crippen LogP contribution in [-0.4, -0.2) is 42.7 Å². The van der Waals surface area contributed by atoms with Gasteiger partial charge in [0.1, 0.15) is 5.75 Å². The molecule has 0 aliphatic carbocycles. The Morgan fingerprint density at radius 1 is 0.878 bits per heavy atom. The van der Waals surface area contributed by atoms with Crippen LogP contribution in [0.25, 0.3) is 22.5 Å². The van der Waals surface area contributed by atoms with Crippen molar-refractivity contribution < 1.29 is 40.2 Å². The zero-order chi connectivity index (χ0) is 35.4. The topological polar surface area (TPSA) is 119 Å². The predicted octanol–water partition coefficient (Wildman–Crippen LogP) is 8.20. The van der Waals surface area contributed by atoms with Gasteiger partial charge in [0.25, 0.3) is 16.0 Å². The van der Waals surface area contributed by atoms with Crippen LogP contribution in [-0.2, 0) is 22.0 Å². The molecule has 5 aromatic rings. The number of hydrogen-bond acceptors (Lipinski definition) is 6. The van der Waals surface area contributed by atoms with Crippen LogP contribution >= 0.6 is 0 Å². The monoisotopic (exact) mass is 692 g/mol. The molecule has 0 aliphatic rings. The Hall–Kier alpha value is -4.94. The van der Waals surface area contributed by atoms with E-state index in [9.17, 15) is 26.4 Å². The molecule has 8 nitrogen and oxygen atoms in total. The predicted molar refractivity (Wildman–Crippen MR) is 180 cm³/mol. The Bertz CT molecular complexity index is 2000. The molecule has 1 aromatic heterocycles. The summed E-state index contributed by atoms with van der Waals surface area (Å²) in [5.41, 5.74) is 6.30. The van der Waals surface area contributed by atoms with Crippen LogP contribution in [0.4, 0.5) is 13.2 Å². The number of carbonyl (C=O) groups excluding carboxylic acids is 1. The summed E-state index contributed by atoms with van der Waals surface area (Å²) in [4.78, 5) is 12.5. The Morgan fingerprint density at radius 3 is 2.14 bits per heavy atom. The Kier molecular flexibility index (Phi) is 10.3. The number of nitrogens with zero attached hydrogens (tertiary/aromatic N) is 1. The van der Waals surface area contributed by atoms with Gasteiger partial charge in [-0.25, -0.2) is 0 Å². The van der Waals surface area contributed by atoms with Gasteiger partial charge in [-0.05, 0) is 70.0 Å². The lowest BCUT2D eigenvalue weighted by Gasteiger charge is -2.21. The van der Waals surface area contributed by atoms with Gasteiger partial charge in [0.2, 0.25) is 0 Å². The zero-order valence-corrected chi connectivity index (χ0v) is 27.8. The second-order valence-electron chi connectivity index (χ2n) is 12.6. The maximum atomic E-state index is 12.6. The van der Waals surface area contributed by atoms with Gasteiger partial charge in [-0.3, -0.25) is 9.35 Å². The number of hydrogen-bond donors (Lipinski definition) is 2. The number of alkyl halides is 3. The molecule has 49 heavy (non-hydrogen) atoms. The fourth-order valence-corrected chi connectivity index (χ4v) is 5.68. The molecule has 0 aliphatic heterocycles. The van der Waals surface area contributed by atoms with Crippen LogP contribution in [0.5, 0.6) is 5.75 Å². The number of benzene rings is 4. The molecule has 256 valence electrons. The summed E-state index contributed by atoms with van der Waals surface area (Å²) in [6.45, 7) is 6.21. The van der Waals surface area contributed by atoms with Crippen molar-refractivity contribution >= 4 is 16.0 Å². The van der Waals surface area contributed by atoms with E-state index >= 15 is 0 Å². The quantitative estimate of drug-likeness (QED) is 0.134. The largest absolute Gasteiger partial charge is 0.573 e. The molecule has 2 N–H and O–H groups in total. The molecular formula is C37H35F3N2O6S. The molecule has 1 atom stereocenters. The molecule has 1 unspecified atom stereocenters. The molecule has 4 aromatic carbocycles. The molecule has 1 heterocycles. The highest BCUT2D eigenvalue weighted by molar-refractivity contribution is 7.85. The molecule has 0 fully saturated rings. The summed E-state index contributed by atoms with van der Waals surface area (Å²) in [5, 5.41) is 6.93. The first-order chi connectivity index (χ1) is 23.0. The Labute approximate surface area is 282 Å². The lowest BCUT2D eigenvalue weighted by atomic mass is 9.83. The number of aromatic nitrogens is 1. The van der Waals surface area contributed by atoms with E-state index in [0.717, 1.165) is 22.3 Å². The van der Waals surface area contributed by atoms with Crippen LogP contribution in [0.1, 0.15) is 59.4 Å². The number of amides is 1. The van der Waals surface area contributed by atoms with Gasteiger partial charge in [0.15, 0.2) is 5.76 Å². The van der Waals surface area contributed by atoms with Crippen molar-refractivity contribution in [3.05, 3.63) is 131 Å². The first-order valence-electron chi connectivity index (χ1n) is 15.4. The van der Waals surface area contributed by atoms with E-state index < -0.39 is 28.1 Å². The second-order valence-corrected chi connectivity index (χ2v) is 14.2. The van der Waals surface area contributed by atoms with Gasteiger partial charge < -0.3 is 14.6 Å². The Balaban J connectivity index is 1.39. The average molecular weight is 693 g/mol. The van der Waals surface area contributed by atoms with E-state index in [1.54, 1.807) is 24.3 Å². The fraction of sp³-hybridized carbons (Fsp3) is 0.243. The highest BCUT2D eigenvalue weighted by Gasteiger charge is 2.31. The molecule has 1 amide bonds. The SMILES string of the molecule is CC(C)(C)c1ccc(C(Cc2ccc(C(=O)NCCS(=O)(=O)O)cc2)c2cc(-c3cccc(-c4ccc(OC(F)(F)F)cc4)c3)on2)cc1. The number of carbonyl (C=O) groups is 1. The molecule has 0 bridgehead atoms. The maximum Gasteiger partial charge on any atom is 0.573 e. The average Bonchev–Trinajstić information content (AvgIpc) is 3.53. The summed E-state index contributed by atoms with van der Waals surface area (Å²) in [5.74, 6) is -1.04. The lowest BCUT2D eigenvalue weighted by molar-refractivity contribution is -0.274. The van der Waals surface area contributed by atoms with E-state index in [1.807, 2.05) is 42.5 Å². The van der Waals surface area contributed by atoms with Crippen molar-refractivity contribution in [2.24, 2.45) is 0 Å². The first kappa shape index (κ1) is 35.4. The van der Waals surface area contributed by atoms with Crippen LogP contribution in [0.15, 0.2) is 108 Å². The van der Waals surface area contributed by atoms with E-state index in [1.165, 1.54) is 17.7 Å². The van der Waals surface area contributed by atoms with Crippen LogP contribution in [0.3, 0.4) is 0 Å². The molecular weight excluding hydrogens is 657 g/mol. The minimum atomic E-state index is -4.77. The molecule has 0 spiro atoms. The van der Waals surface area contributed by atoms with Gasteiger partial charge in [-0.2, -0.15) is 8.42 Å². The molecule has 0 saturated heterocycles. The highest BCUT2D eigenvalue weighted by Crippen LogP contribution is 2.34. The summed E-state index contributed by atoms with van der Waals surface area (Å²) in [6.07, 6.45) is -4.24. The van der Waals surface area contributed by atoms with Gasteiger partial charge >= 0.3 is 6.36 Å². The Morgan fingerprint density at radius 2 is 1.53 bits per heavy atom. The van der Waals surface area contributed by atoms with Crippen molar-refractivity contribution in [2.75, 3.05) is 12.3 Å². The second kappa shape index (κ2) is 14.3. The minimum Gasteiger partial charge on any atom is -0.406 e. The third-order valence-electron chi connectivity index (χ3n) is 7.93. The standard InChI is InChI=1S/C37H35F3N2O6S/c1-36(2,3)30-15-11-26(12-16-30)32(21-24-7-9-27(10-8-24)35(43)41-19-20-49(44,45)46)33-23-34(48-42-33)29-6-4-5-28(22-29)25-13-17-31(18-14-25)47-37(38,39)40/h4-18,22-23,32H,19-21H2,1-3H3,(H,41,43)(H,44,45,46). The normalized spacial score (nSPS) is 12.8. The number of nitrogens with one attached hydrogen (secondary N) is 1. The van der Waals surface area contributed by atoms with Crippen LogP contribution < -0.4 is 10.1 Å². The number of ether oxygens (including phenoxy) is 1. The van der Waals surface area contributed by atoms with E-state index in [-0.39, 0.29) is 23.6 Å². The highest BCUT2D eigenvalue weighted by atomic mass is 32.2. The first-order valence-corrected chi connectivity index (χ1v) is 17.0. The fourth-order valence-electron chi connectivity index (χ4n) is 5.32. The van der Waals surface area contributed by atoms with Gasteiger partial charge in [-0.1, -0.05) is 92.7 Å². The van der Waals surface area contributed by atoms with Crippen molar-refractivity contribution in [3.8, 4) is 28.2 Å². The maximum absolute atomic E-state index is 12.6. The van der Waals surface area contributed by atoms with Crippen molar-refractivity contribution in [3.63, 3.8) is 0 Å². The lowest BCUT2D eigenvalue weighted by Crippen LogP contribution is -2.28. The third kappa shape index (κ3) is 9.80. The van der Waals surface area contributed by atoms with Crippen LogP contribution in [0, 0.1) is 0 Å². The van der Waals surface area contributed by atoms with E-state index in [0.29, 0.717) is 29.0 Å². The number of halogens is 3. The van der Waals surface area contributed by atoms with Crippen molar-refractivity contribution in [1.82, 2.24) is 10.5 Å². The van der Waals surface area contributed by atoms with Crippen molar-refractivity contribution in [2.45, 2.75) is 44.9 Å². The molecule has 12 heteroatoms. The van der Waals surface area contributed by atoms with Gasteiger partial charge in [-0.15, -0.1) is 13.2 Å². The summed E-state index contributed by atoms with van der Waals surface area (Å²) in [6, 6.07) is 30.2. The smallest absolute Gasteiger partial charge is 0.406 e. The molecule has 0 saturated carbocycles. The van der Waals surface area contributed by atoms with Gasteiger partial charge in [0, 0.05) is 29.7 Å². The number of rotatable bonds is 11. The summed E-state index contributed by atoms with van der Waals surface area (Å²) < 4.78 is 78.4. The van der Waals surface area contributed by atoms with E-state index in [4.69, 9.17) is 9.08 Å².